The third kappa shape index (κ3) is 3.01. The molecule has 0 amide bonds. The van der Waals surface area contributed by atoms with E-state index in [0.29, 0.717) is 6.54 Å². The maximum Gasteiger partial charge on any atom is 0.133 e. The predicted molar refractivity (Wildman–Crippen MR) is 98.7 cm³/mol. The third-order valence-corrected chi connectivity index (χ3v) is 5.75. The molecule has 5 heteroatoms. The summed E-state index contributed by atoms with van der Waals surface area (Å²) in [5.74, 6) is 1.70. The van der Waals surface area contributed by atoms with Crippen molar-refractivity contribution < 1.29 is 5.11 Å². The molecule has 2 heterocycles. The van der Waals surface area contributed by atoms with Gasteiger partial charge in [0.25, 0.3) is 0 Å². The first-order chi connectivity index (χ1) is 11.7. The lowest BCUT2D eigenvalue weighted by Crippen LogP contribution is -2.17. The maximum absolute atomic E-state index is 10.6. The van der Waals surface area contributed by atoms with Crippen molar-refractivity contribution >= 4 is 27.2 Å². The zero-order chi connectivity index (χ0) is 16.5. The Morgan fingerprint density at radius 3 is 2.92 bits per heavy atom. The van der Waals surface area contributed by atoms with Crippen LogP contribution >= 0.6 is 11.3 Å². The van der Waals surface area contributed by atoms with Crippen molar-refractivity contribution in [3.63, 3.8) is 0 Å². The van der Waals surface area contributed by atoms with Crippen molar-refractivity contribution in [2.75, 3.05) is 11.9 Å². The van der Waals surface area contributed by atoms with Gasteiger partial charge in [-0.3, -0.25) is 0 Å². The first-order valence-corrected chi connectivity index (χ1v) is 9.29. The van der Waals surface area contributed by atoms with Gasteiger partial charge in [-0.2, -0.15) is 0 Å². The van der Waals surface area contributed by atoms with Gasteiger partial charge >= 0.3 is 0 Å². The number of aryl methyl sites for hydroxylation is 2. The average Bonchev–Trinajstić information content (AvgIpc) is 3.03. The second-order valence-electron chi connectivity index (χ2n) is 6.34. The Balaban J connectivity index is 1.53. The van der Waals surface area contributed by atoms with Crippen LogP contribution in [-0.2, 0) is 12.8 Å². The summed E-state index contributed by atoms with van der Waals surface area (Å²) in [5.41, 5.74) is 2.41. The second kappa shape index (κ2) is 6.49. The van der Waals surface area contributed by atoms with Gasteiger partial charge in [0.15, 0.2) is 0 Å². The highest BCUT2D eigenvalue weighted by atomic mass is 32.1. The van der Waals surface area contributed by atoms with Crippen LogP contribution in [0.5, 0.6) is 0 Å². The molecule has 0 saturated heterocycles. The first kappa shape index (κ1) is 15.5. The SMILES string of the molecule is Cc1nc2c(c(NCC(O)c3cc4ccccc4s3)n1)CCCC2. The standard InChI is InChI=1S/C19H21N3OS/c1-12-21-15-8-4-3-7-14(15)19(22-12)20-11-16(23)18-10-13-6-2-5-9-17(13)24-18/h2,5-6,9-10,16,23H,3-4,7-8,11H2,1H3,(H,20,21,22). The fraction of sp³-hybridized carbons (Fsp3) is 0.368. The van der Waals surface area contributed by atoms with Gasteiger partial charge in [-0.15, -0.1) is 11.3 Å². The Hall–Kier alpha value is -1.98. The Bertz CT molecular complexity index is 841. The highest BCUT2D eigenvalue weighted by Crippen LogP contribution is 2.31. The molecule has 0 aliphatic heterocycles. The van der Waals surface area contributed by atoms with Crippen LogP contribution in [0.1, 0.15) is 40.9 Å². The van der Waals surface area contributed by atoms with Crippen LogP contribution in [0.25, 0.3) is 10.1 Å². The van der Waals surface area contributed by atoms with Crippen LogP contribution in [0.4, 0.5) is 5.82 Å². The van der Waals surface area contributed by atoms with Crippen LogP contribution in [-0.4, -0.2) is 21.6 Å². The fourth-order valence-electron chi connectivity index (χ4n) is 3.32. The third-order valence-electron chi connectivity index (χ3n) is 4.53. The van der Waals surface area contributed by atoms with E-state index in [9.17, 15) is 5.11 Å². The zero-order valence-corrected chi connectivity index (χ0v) is 14.6. The number of aliphatic hydroxyl groups is 1. The molecule has 2 aromatic heterocycles. The van der Waals surface area contributed by atoms with Gasteiger partial charge in [-0.05, 0) is 50.1 Å². The number of rotatable bonds is 4. The minimum atomic E-state index is -0.531. The topological polar surface area (TPSA) is 58.0 Å². The van der Waals surface area contributed by atoms with Crippen molar-refractivity contribution in [3.05, 3.63) is 52.3 Å². The van der Waals surface area contributed by atoms with Crippen molar-refractivity contribution in [3.8, 4) is 0 Å². The van der Waals surface area contributed by atoms with Crippen molar-refractivity contribution in [1.29, 1.82) is 0 Å². The summed E-state index contributed by atoms with van der Waals surface area (Å²) in [6.45, 7) is 2.40. The molecule has 24 heavy (non-hydrogen) atoms. The molecule has 2 N–H and O–H groups in total. The summed E-state index contributed by atoms with van der Waals surface area (Å²) in [4.78, 5) is 10.1. The molecule has 1 unspecified atom stereocenters. The molecule has 0 saturated carbocycles. The number of aromatic nitrogens is 2. The van der Waals surface area contributed by atoms with E-state index in [1.54, 1.807) is 11.3 Å². The molecule has 4 rings (SSSR count). The summed E-state index contributed by atoms with van der Waals surface area (Å²) in [5, 5.41) is 15.1. The van der Waals surface area contributed by atoms with Crippen molar-refractivity contribution in [2.24, 2.45) is 0 Å². The average molecular weight is 339 g/mol. The molecule has 0 spiro atoms. The first-order valence-electron chi connectivity index (χ1n) is 8.47. The number of nitrogens with zero attached hydrogens (tertiary/aromatic N) is 2. The van der Waals surface area contributed by atoms with Gasteiger partial charge in [0.05, 0.1) is 0 Å². The molecule has 0 fully saturated rings. The summed E-state index contributed by atoms with van der Waals surface area (Å²) in [6.07, 6.45) is 3.92. The van der Waals surface area contributed by atoms with Crippen LogP contribution in [0, 0.1) is 6.92 Å². The van der Waals surface area contributed by atoms with E-state index in [1.165, 1.54) is 34.2 Å². The summed E-state index contributed by atoms with van der Waals surface area (Å²) in [6, 6.07) is 10.3. The molecule has 0 bridgehead atoms. The van der Waals surface area contributed by atoms with Gasteiger partial charge in [0, 0.05) is 27.4 Å². The van der Waals surface area contributed by atoms with Crippen LogP contribution < -0.4 is 5.32 Å². The van der Waals surface area contributed by atoms with Crippen LogP contribution in [0.15, 0.2) is 30.3 Å². The number of anilines is 1. The Labute approximate surface area is 145 Å². The number of aliphatic hydroxyl groups excluding tert-OH is 1. The fourth-order valence-corrected chi connectivity index (χ4v) is 4.37. The van der Waals surface area contributed by atoms with Gasteiger partial charge in [-0.25, -0.2) is 9.97 Å². The molecule has 124 valence electrons. The summed E-state index contributed by atoms with van der Waals surface area (Å²) >= 11 is 1.65. The van der Waals surface area contributed by atoms with E-state index in [-0.39, 0.29) is 0 Å². The quantitative estimate of drug-likeness (QED) is 0.754. The monoisotopic (exact) mass is 339 g/mol. The van der Waals surface area contributed by atoms with Crippen LogP contribution in [0.3, 0.4) is 0 Å². The molecule has 1 aliphatic carbocycles. The molecular formula is C19H21N3OS. The zero-order valence-electron chi connectivity index (χ0n) is 13.7. The van der Waals surface area contributed by atoms with Gasteiger partial charge in [0.1, 0.15) is 17.7 Å². The van der Waals surface area contributed by atoms with Crippen molar-refractivity contribution in [1.82, 2.24) is 9.97 Å². The molecular weight excluding hydrogens is 318 g/mol. The largest absolute Gasteiger partial charge is 0.386 e. The Kier molecular flexibility index (Phi) is 4.21. The number of thiophene rings is 1. The molecule has 0 radical (unpaired) electrons. The molecule has 3 aromatic rings. The lowest BCUT2D eigenvalue weighted by atomic mass is 9.96. The number of hydrogen-bond acceptors (Lipinski definition) is 5. The molecule has 1 aliphatic rings. The van der Waals surface area contributed by atoms with Gasteiger partial charge < -0.3 is 10.4 Å². The van der Waals surface area contributed by atoms with Gasteiger partial charge in [0.2, 0.25) is 0 Å². The van der Waals surface area contributed by atoms with E-state index >= 15 is 0 Å². The number of fused-ring (bicyclic) bond motifs is 2. The number of benzene rings is 1. The minimum Gasteiger partial charge on any atom is -0.386 e. The Morgan fingerprint density at radius 2 is 2.04 bits per heavy atom. The Morgan fingerprint density at radius 1 is 1.21 bits per heavy atom. The maximum atomic E-state index is 10.6. The predicted octanol–water partition coefficient (Wildman–Crippen LogP) is 4.02. The number of hydrogen-bond donors (Lipinski definition) is 2. The van der Waals surface area contributed by atoms with E-state index in [1.807, 2.05) is 19.1 Å². The highest BCUT2D eigenvalue weighted by Gasteiger charge is 2.18. The highest BCUT2D eigenvalue weighted by molar-refractivity contribution is 7.19. The van der Waals surface area contributed by atoms with Crippen molar-refractivity contribution in [2.45, 2.75) is 38.7 Å². The van der Waals surface area contributed by atoms with Gasteiger partial charge in [-0.1, -0.05) is 18.2 Å². The van der Waals surface area contributed by atoms with E-state index in [2.05, 4.69) is 33.5 Å². The lowest BCUT2D eigenvalue weighted by Gasteiger charge is -2.20. The van der Waals surface area contributed by atoms with E-state index in [4.69, 9.17) is 0 Å². The second-order valence-corrected chi connectivity index (χ2v) is 7.45. The summed E-state index contributed by atoms with van der Waals surface area (Å²) in [7, 11) is 0. The minimum absolute atomic E-state index is 0.468. The van der Waals surface area contributed by atoms with Crippen LogP contribution in [0.2, 0.25) is 0 Å². The van der Waals surface area contributed by atoms with E-state index < -0.39 is 6.10 Å². The summed E-state index contributed by atoms with van der Waals surface area (Å²) < 4.78 is 1.21. The van der Waals surface area contributed by atoms with E-state index in [0.717, 1.165) is 29.4 Å². The molecule has 1 atom stereocenters. The molecule has 1 aromatic carbocycles. The lowest BCUT2D eigenvalue weighted by molar-refractivity contribution is 0.195. The molecule has 4 nitrogen and oxygen atoms in total. The number of nitrogens with one attached hydrogen (secondary N) is 1. The normalized spacial score (nSPS) is 15.2. The smallest absolute Gasteiger partial charge is 0.133 e.